The van der Waals surface area contributed by atoms with Gasteiger partial charge in [-0.15, -0.1) is 0 Å². The van der Waals surface area contributed by atoms with Crippen LogP contribution in [0.25, 0.3) is 0 Å². The highest BCUT2D eigenvalue weighted by Gasteiger charge is 2.29. The first kappa shape index (κ1) is 15.6. The largest absolute Gasteiger partial charge is 0.361 e. The maximum absolute atomic E-state index is 5.52. The summed E-state index contributed by atoms with van der Waals surface area (Å²) in [5.41, 5.74) is 1.70. The van der Waals surface area contributed by atoms with Gasteiger partial charge in [-0.25, -0.2) is 0 Å². The Morgan fingerprint density at radius 3 is 2.25 bits per heavy atom. The maximum Gasteiger partial charge on any atom is 0.137 e. The molecule has 1 saturated heterocycles. The molecule has 0 atom stereocenters. The van der Waals surface area contributed by atoms with Crippen LogP contribution in [-0.2, 0) is 6.42 Å². The second-order valence-corrected chi connectivity index (χ2v) is 8.39. The van der Waals surface area contributed by atoms with Gasteiger partial charge in [0.2, 0.25) is 0 Å². The van der Waals surface area contributed by atoms with Crippen LogP contribution in [0.15, 0.2) is 10.6 Å². The zero-order valence-electron chi connectivity index (χ0n) is 14.0. The molecule has 2 rings (SSSR count). The summed E-state index contributed by atoms with van der Waals surface area (Å²) in [6.07, 6.45) is 3.35. The molecule has 0 spiro atoms. The molecule has 1 aromatic heterocycles. The molecule has 0 N–H and O–H groups in total. The van der Waals surface area contributed by atoms with Crippen LogP contribution in [-0.4, -0.2) is 28.7 Å². The average molecular weight is 278 g/mol. The van der Waals surface area contributed by atoms with Crippen LogP contribution in [0.1, 0.15) is 71.8 Å². The van der Waals surface area contributed by atoms with Gasteiger partial charge in [-0.2, -0.15) is 0 Å². The summed E-state index contributed by atoms with van der Waals surface area (Å²) in [6.45, 7) is 15.9. The van der Waals surface area contributed by atoms with E-state index in [2.05, 4.69) is 57.7 Å². The van der Waals surface area contributed by atoms with Gasteiger partial charge in [0.25, 0.3) is 0 Å². The number of nitrogens with zero attached hydrogens (tertiary/aromatic N) is 2. The van der Waals surface area contributed by atoms with E-state index in [0.29, 0.717) is 5.92 Å². The lowest BCUT2D eigenvalue weighted by Crippen LogP contribution is -2.45. The molecule has 1 fully saturated rings. The second kappa shape index (κ2) is 5.51. The standard InChI is InChI=1S/C17H30N2O/c1-16(2,3)12-14-11-15(18-20-14)13-7-9-19(10-8-13)17(4,5)6/h11,13H,7-10,12H2,1-6H3. The van der Waals surface area contributed by atoms with Crippen LogP contribution in [0.5, 0.6) is 0 Å². The van der Waals surface area contributed by atoms with E-state index in [4.69, 9.17) is 4.52 Å². The van der Waals surface area contributed by atoms with Gasteiger partial charge in [0, 0.05) is 23.9 Å². The van der Waals surface area contributed by atoms with Gasteiger partial charge in [0.05, 0.1) is 5.69 Å². The van der Waals surface area contributed by atoms with Crippen molar-refractivity contribution in [3.8, 4) is 0 Å². The van der Waals surface area contributed by atoms with Crippen LogP contribution >= 0.6 is 0 Å². The number of piperidine rings is 1. The van der Waals surface area contributed by atoms with Crippen molar-refractivity contribution in [2.45, 2.75) is 72.3 Å². The summed E-state index contributed by atoms with van der Waals surface area (Å²) in [5.74, 6) is 1.61. The highest BCUT2D eigenvalue weighted by atomic mass is 16.5. The quantitative estimate of drug-likeness (QED) is 0.810. The van der Waals surface area contributed by atoms with Crippen molar-refractivity contribution in [2.75, 3.05) is 13.1 Å². The van der Waals surface area contributed by atoms with Crippen LogP contribution in [0.3, 0.4) is 0 Å². The van der Waals surface area contributed by atoms with Gasteiger partial charge in [-0.05, 0) is 52.1 Å². The fourth-order valence-electron chi connectivity index (χ4n) is 2.97. The minimum atomic E-state index is 0.256. The molecule has 0 radical (unpaired) electrons. The summed E-state index contributed by atoms with van der Waals surface area (Å²) >= 11 is 0. The fourth-order valence-corrected chi connectivity index (χ4v) is 2.97. The molecular weight excluding hydrogens is 248 g/mol. The van der Waals surface area contributed by atoms with Gasteiger partial charge in [-0.1, -0.05) is 25.9 Å². The number of rotatable bonds is 2. The smallest absolute Gasteiger partial charge is 0.137 e. The molecule has 114 valence electrons. The SMILES string of the molecule is CC(C)(C)Cc1cc(C2CCN(C(C)(C)C)CC2)no1. The summed E-state index contributed by atoms with van der Waals surface area (Å²) in [7, 11) is 0. The third-order valence-electron chi connectivity index (χ3n) is 4.14. The lowest BCUT2D eigenvalue weighted by molar-refractivity contribution is 0.101. The predicted molar refractivity (Wildman–Crippen MR) is 83.0 cm³/mol. The van der Waals surface area contributed by atoms with Gasteiger partial charge < -0.3 is 4.52 Å². The molecule has 0 bridgehead atoms. The third kappa shape index (κ3) is 4.08. The lowest BCUT2D eigenvalue weighted by Gasteiger charge is -2.40. The Hall–Kier alpha value is -0.830. The minimum Gasteiger partial charge on any atom is -0.361 e. The topological polar surface area (TPSA) is 29.3 Å². The Balaban J connectivity index is 1.94. The second-order valence-electron chi connectivity index (χ2n) is 8.39. The van der Waals surface area contributed by atoms with Crippen LogP contribution in [0.4, 0.5) is 0 Å². The highest BCUT2D eigenvalue weighted by Crippen LogP contribution is 2.31. The van der Waals surface area contributed by atoms with Crippen molar-refractivity contribution < 1.29 is 4.52 Å². The Kier molecular flexibility index (Phi) is 4.29. The van der Waals surface area contributed by atoms with E-state index >= 15 is 0 Å². The number of likely N-dealkylation sites (tertiary alicyclic amines) is 1. The van der Waals surface area contributed by atoms with Crippen LogP contribution < -0.4 is 0 Å². The highest BCUT2D eigenvalue weighted by molar-refractivity contribution is 5.13. The van der Waals surface area contributed by atoms with E-state index in [1.165, 1.54) is 12.8 Å². The van der Waals surface area contributed by atoms with E-state index in [1.807, 2.05) is 0 Å². The van der Waals surface area contributed by atoms with E-state index in [0.717, 1.165) is 31.0 Å². The summed E-state index contributed by atoms with van der Waals surface area (Å²) < 4.78 is 5.52. The van der Waals surface area contributed by atoms with Gasteiger partial charge >= 0.3 is 0 Å². The molecule has 1 aromatic rings. The predicted octanol–water partition coefficient (Wildman–Crippen LogP) is 4.24. The van der Waals surface area contributed by atoms with Crippen molar-refractivity contribution in [1.29, 1.82) is 0 Å². The summed E-state index contributed by atoms with van der Waals surface area (Å²) in [4.78, 5) is 2.57. The molecule has 0 saturated carbocycles. The molecule has 2 heterocycles. The molecule has 1 aliphatic heterocycles. The summed E-state index contributed by atoms with van der Waals surface area (Å²) in [5, 5.41) is 4.32. The molecule has 20 heavy (non-hydrogen) atoms. The molecule has 3 nitrogen and oxygen atoms in total. The number of aromatic nitrogens is 1. The van der Waals surface area contributed by atoms with Crippen molar-refractivity contribution in [3.63, 3.8) is 0 Å². The van der Waals surface area contributed by atoms with Crippen molar-refractivity contribution in [2.24, 2.45) is 5.41 Å². The Labute approximate surface area is 123 Å². The summed E-state index contributed by atoms with van der Waals surface area (Å²) in [6, 6.07) is 2.18. The molecule has 0 aromatic carbocycles. The zero-order valence-corrected chi connectivity index (χ0v) is 14.0. The minimum absolute atomic E-state index is 0.256. The molecular formula is C17H30N2O. The zero-order chi connectivity index (χ0) is 15.0. The van der Waals surface area contributed by atoms with Gasteiger partial charge in [0.1, 0.15) is 5.76 Å². The first-order valence-electron chi connectivity index (χ1n) is 7.86. The van der Waals surface area contributed by atoms with E-state index in [1.54, 1.807) is 0 Å². The van der Waals surface area contributed by atoms with E-state index in [9.17, 15) is 0 Å². The Morgan fingerprint density at radius 1 is 1.15 bits per heavy atom. The lowest BCUT2D eigenvalue weighted by atomic mass is 9.88. The molecule has 1 aliphatic rings. The molecule has 3 heteroatoms. The van der Waals surface area contributed by atoms with Gasteiger partial charge in [-0.3, -0.25) is 4.90 Å². The first-order valence-corrected chi connectivity index (χ1v) is 7.86. The molecule has 0 amide bonds. The van der Waals surface area contributed by atoms with E-state index in [-0.39, 0.29) is 11.0 Å². The van der Waals surface area contributed by atoms with Crippen molar-refractivity contribution >= 4 is 0 Å². The first-order chi connectivity index (χ1) is 9.15. The molecule has 0 aliphatic carbocycles. The third-order valence-corrected chi connectivity index (χ3v) is 4.14. The van der Waals surface area contributed by atoms with E-state index < -0.39 is 0 Å². The number of hydrogen-bond donors (Lipinski definition) is 0. The van der Waals surface area contributed by atoms with Crippen molar-refractivity contribution in [3.05, 3.63) is 17.5 Å². The van der Waals surface area contributed by atoms with Crippen LogP contribution in [0, 0.1) is 5.41 Å². The van der Waals surface area contributed by atoms with Gasteiger partial charge in [0.15, 0.2) is 0 Å². The number of hydrogen-bond acceptors (Lipinski definition) is 3. The monoisotopic (exact) mass is 278 g/mol. The normalized spacial score (nSPS) is 19.5. The van der Waals surface area contributed by atoms with Crippen LogP contribution in [0.2, 0.25) is 0 Å². The molecule has 0 unspecified atom stereocenters. The fraction of sp³-hybridized carbons (Fsp3) is 0.824. The Bertz CT molecular complexity index is 429. The maximum atomic E-state index is 5.52. The average Bonchev–Trinajstić information content (AvgIpc) is 2.74. The van der Waals surface area contributed by atoms with Crippen molar-refractivity contribution in [1.82, 2.24) is 10.1 Å². The Morgan fingerprint density at radius 2 is 1.75 bits per heavy atom.